The number of likely N-dealkylation sites (N-methyl/N-ethyl adjacent to an activating group) is 1. The van der Waals surface area contributed by atoms with Gasteiger partial charge < -0.3 is 25.4 Å². The molecule has 0 bridgehead atoms. The molecular formula is C28H45ClFN3O3. The molecule has 1 saturated heterocycles. The predicted octanol–water partition coefficient (Wildman–Crippen LogP) is 5.46. The smallest absolute Gasteiger partial charge is 0.317 e. The molecule has 2 amide bonds. The standard InChI is InChI=1S/C28H45ClFN3O3/c1-31-23(18-21-10-4-3-5-11-21)19-32-27(34)33-16-9-12-22(20-33)28(35,15-6-7-17-36-2)24-13-8-14-25(29)26(24)30/h8,13-14,21-23,31,35H,3-7,9-12,15-20H2,1-2H3,(H,32,34)/t22-,23-,28+/m1/s1. The fraction of sp³-hybridized carbons (Fsp3) is 0.750. The van der Waals surface area contributed by atoms with Crippen LogP contribution in [0.4, 0.5) is 9.18 Å². The summed E-state index contributed by atoms with van der Waals surface area (Å²) in [5.74, 6) is -0.127. The first-order valence-corrected chi connectivity index (χ1v) is 14.1. The van der Waals surface area contributed by atoms with Gasteiger partial charge in [0.1, 0.15) is 5.82 Å². The van der Waals surface area contributed by atoms with E-state index in [4.69, 9.17) is 16.3 Å². The second-order valence-corrected chi connectivity index (χ2v) is 11.1. The van der Waals surface area contributed by atoms with Crippen molar-refractivity contribution in [1.82, 2.24) is 15.5 Å². The number of carbonyl (C=O) groups excluding carboxylic acids is 1. The van der Waals surface area contributed by atoms with Crippen molar-refractivity contribution in [1.29, 1.82) is 0 Å². The van der Waals surface area contributed by atoms with E-state index in [0.717, 1.165) is 31.6 Å². The van der Waals surface area contributed by atoms with Crippen molar-refractivity contribution in [3.8, 4) is 0 Å². The van der Waals surface area contributed by atoms with Crippen molar-refractivity contribution < 1.29 is 19.0 Å². The summed E-state index contributed by atoms with van der Waals surface area (Å²) in [6.45, 7) is 2.18. The lowest BCUT2D eigenvalue weighted by Gasteiger charge is -2.43. The average Bonchev–Trinajstić information content (AvgIpc) is 2.91. The molecule has 36 heavy (non-hydrogen) atoms. The third-order valence-corrected chi connectivity index (χ3v) is 8.50. The number of aliphatic hydroxyl groups is 1. The normalized spacial score (nSPS) is 21.7. The lowest BCUT2D eigenvalue weighted by molar-refractivity contribution is -0.0586. The maximum atomic E-state index is 15.1. The Morgan fingerprint density at radius 3 is 2.75 bits per heavy atom. The zero-order valence-electron chi connectivity index (χ0n) is 22.0. The molecule has 1 aliphatic carbocycles. The number of amides is 2. The van der Waals surface area contributed by atoms with Gasteiger partial charge in [0.25, 0.3) is 0 Å². The number of rotatable bonds is 12. The van der Waals surface area contributed by atoms with Crippen LogP contribution in [-0.4, -0.2) is 62.5 Å². The van der Waals surface area contributed by atoms with Gasteiger partial charge in [-0.15, -0.1) is 0 Å². The summed E-state index contributed by atoms with van der Waals surface area (Å²) in [4.78, 5) is 14.9. The van der Waals surface area contributed by atoms with Crippen molar-refractivity contribution in [3.05, 3.63) is 34.6 Å². The van der Waals surface area contributed by atoms with Crippen LogP contribution in [0.5, 0.6) is 0 Å². The van der Waals surface area contributed by atoms with Crippen LogP contribution in [0, 0.1) is 17.7 Å². The number of ether oxygens (including phenoxy) is 1. The van der Waals surface area contributed by atoms with Crippen molar-refractivity contribution >= 4 is 17.6 Å². The summed E-state index contributed by atoms with van der Waals surface area (Å²) in [6, 6.07) is 4.93. The van der Waals surface area contributed by atoms with E-state index < -0.39 is 11.4 Å². The molecule has 3 rings (SSSR count). The lowest BCUT2D eigenvalue weighted by atomic mass is 9.74. The molecule has 1 aromatic carbocycles. The molecule has 3 N–H and O–H groups in total. The first-order chi connectivity index (χ1) is 17.4. The number of likely N-dealkylation sites (tertiary alicyclic amines) is 1. The van der Waals surface area contributed by atoms with Crippen molar-refractivity contribution in [2.45, 2.75) is 82.3 Å². The van der Waals surface area contributed by atoms with Crippen molar-refractivity contribution in [2.24, 2.45) is 11.8 Å². The average molecular weight is 526 g/mol. The summed E-state index contributed by atoms with van der Waals surface area (Å²) >= 11 is 6.09. The molecular weight excluding hydrogens is 481 g/mol. The molecule has 1 saturated carbocycles. The highest BCUT2D eigenvalue weighted by Crippen LogP contribution is 2.42. The number of methoxy groups -OCH3 is 1. The topological polar surface area (TPSA) is 73.8 Å². The number of hydrogen-bond donors (Lipinski definition) is 3. The Labute approximate surface area is 221 Å². The Hall–Kier alpha value is -1.41. The Bertz CT molecular complexity index is 823. The van der Waals surface area contributed by atoms with Gasteiger partial charge in [0.05, 0.1) is 10.6 Å². The third kappa shape index (κ3) is 7.80. The van der Waals surface area contributed by atoms with Gasteiger partial charge in [0.15, 0.2) is 0 Å². The van der Waals surface area contributed by atoms with Gasteiger partial charge in [0.2, 0.25) is 0 Å². The first-order valence-electron chi connectivity index (χ1n) is 13.7. The molecule has 8 heteroatoms. The summed E-state index contributed by atoms with van der Waals surface area (Å²) in [7, 11) is 3.61. The van der Waals surface area contributed by atoms with E-state index in [2.05, 4.69) is 10.6 Å². The van der Waals surface area contributed by atoms with Gasteiger partial charge >= 0.3 is 6.03 Å². The summed E-state index contributed by atoms with van der Waals surface area (Å²) in [5, 5.41) is 18.4. The highest BCUT2D eigenvalue weighted by molar-refractivity contribution is 6.30. The maximum Gasteiger partial charge on any atom is 0.317 e. The minimum Gasteiger partial charge on any atom is -0.385 e. The number of piperidine rings is 1. The van der Waals surface area contributed by atoms with E-state index in [1.165, 1.54) is 38.2 Å². The molecule has 6 nitrogen and oxygen atoms in total. The first kappa shape index (κ1) is 29.2. The van der Waals surface area contributed by atoms with E-state index >= 15 is 4.39 Å². The Morgan fingerprint density at radius 2 is 2.03 bits per heavy atom. The van der Waals surface area contributed by atoms with Crippen molar-refractivity contribution in [2.75, 3.05) is 40.4 Å². The maximum absolute atomic E-state index is 15.1. The SMILES string of the molecule is CN[C@@H](CNC(=O)N1CCC[C@@H]([C@@](O)(CCCCOC)c2cccc(Cl)c2F)C1)CC1CCCCC1. The number of nitrogens with zero attached hydrogens (tertiary/aromatic N) is 1. The lowest BCUT2D eigenvalue weighted by Crippen LogP contribution is -2.52. The molecule has 1 heterocycles. The van der Waals surface area contributed by atoms with Crippen LogP contribution in [0.25, 0.3) is 0 Å². The number of benzene rings is 1. The van der Waals surface area contributed by atoms with E-state index in [1.54, 1.807) is 24.1 Å². The van der Waals surface area contributed by atoms with Crippen LogP contribution in [-0.2, 0) is 10.3 Å². The zero-order chi connectivity index (χ0) is 26.0. The summed E-state index contributed by atoms with van der Waals surface area (Å²) in [6.07, 6.45) is 10.9. The second-order valence-electron chi connectivity index (χ2n) is 10.7. The fourth-order valence-corrected chi connectivity index (χ4v) is 6.21. The van der Waals surface area contributed by atoms with Crippen LogP contribution < -0.4 is 10.6 Å². The van der Waals surface area contributed by atoms with Crippen LogP contribution in [0.2, 0.25) is 5.02 Å². The van der Waals surface area contributed by atoms with Crippen molar-refractivity contribution in [3.63, 3.8) is 0 Å². The number of nitrogens with one attached hydrogen (secondary N) is 2. The molecule has 3 atom stereocenters. The van der Waals surface area contributed by atoms with Gasteiger partial charge in [-0.2, -0.15) is 0 Å². The van der Waals surface area contributed by atoms with Gasteiger partial charge in [-0.1, -0.05) is 55.8 Å². The minimum atomic E-state index is -1.41. The monoisotopic (exact) mass is 525 g/mol. The highest BCUT2D eigenvalue weighted by Gasteiger charge is 2.43. The molecule has 204 valence electrons. The molecule has 0 unspecified atom stereocenters. The summed E-state index contributed by atoms with van der Waals surface area (Å²) in [5.41, 5.74) is -1.18. The number of halogens is 2. The zero-order valence-corrected chi connectivity index (χ0v) is 22.8. The minimum absolute atomic E-state index is 0.00398. The quantitative estimate of drug-likeness (QED) is 0.317. The fourth-order valence-electron chi connectivity index (χ4n) is 6.04. The highest BCUT2D eigenvalue weighted by atomic mass is 35.5. The third-order valence-electron chi connectivity index (χ3n) is 8.21. The van der Waals surface area contributed by atoms with Crippen LogP contribution in [0.15, 0.2) is 18.2 Å². The second kappa shape index (κ2) is 14.5. The van der Waals surface area contributed by atoms with Crippen LogP contribution >= 0.6 is 11.6 Å². The number of carbonyl (C=O) groups is 1. The van der Waals surface area contributed by atoms with Gasteiger partial charge in [-0.3, -0.25) is 0 Å². The number of hydrogen-bond acceptors (Lipinski definition) is 4. The predicted molar refractivity (Wildman–Crippen MR) is 143 cm³/mol. The van der Waals surface area contributed by atoms with E-state index in [-0.39, 0.29) is 28.6 Å². The van der Waals surface area contributed by atoms with Gasteiger partial charge in [-0.05, 0) is 57.6 Å². The Morgan fingerprint density at radius 1 is 1.25 bits per heavy atom. The van der Waals surface area contributed by atoms with Crippen LogP contribution in [0.1, 0.15) is 76.2 Å². The largest absolute Gasteiger partial charge is 0.385 e. The number of urea groups is 1. The molecule has 0 aromatic heterocycles. The summed E-state index contributed by atoms with van der Waals surface area (Å²) < 4.78 is 20.3. The molecule has 1 aromatic rings. The number of unbranched alkanes of at least 4 members (excludes halogenated alkanes) is 1. The van der Waals surface area contributed by atoms with E-state index in [0.29, 0.717) is 39.1 Å². The molecule has 0 radical (unpaired) electrons. The van der Waals surface area contributed by atoms with Gasteiger partial charge in [-0.25, -0.2) is 9.18 Å². The molecule has 1 aliphatic heterocycles. The molecule has 2 fully saturated rings. The van der Waals surface area contributed by atoms with Gasteiger partial charge in [0, 0.05) is 50.9 Å². The molecule has 2 aliphatic rings. The Balaban J connectivity index is 1.65. The van der Waals surface area contributed by atoms with Crippen LogP contribution in [0.3, 0.4) is 0 Å². The molecule has 0 spiro atoms. The Kier molecular flexibility index (Phi) is 11.7. The van der Waals surface area contributed by atoms with E-state index in [9.17, 15) is 9.90 Å². The van der Waals surface area contributed by atoms with E-state index in [1.807, 2.05) is 7.05 Å².